The average molecular weight is 274 g/mol. The van der Waals surface area contributed by atoms with E-state index in [2.05, 4.69) is 5.32 Å². The van der Waals surface area contributed by atoms with Crippen molar-refractivity contribution in [3.8, 4) is 0 Å². The molecule has 1 fully saturated rings. The van der Waals surface area contributed by atoms with Crippen LogP contribution in [0.1, 0.15) is 35.7 Å². The Morgan fingerprint density at radius 3 is 3.10 bits per heavy atom. The van der Waals surface area contributed by atoms with Gasteiger partial charge in [0.1, 0.15) is 0 Å². The van der Waals surface area contributed by atoms with Crippen LogP contribution in [0.3, 0.4) is 0 Å². The number of fused-ring (bicyclic) bond motifs is 1. The monoisotopic (exact) mass is 274 g/mol. The maximum atomic E-state index is 12.5. The number of nitrogens with zero attached hydrogens (tertiary/aromatic N) is 1. The van der Waals surface area contributed by atoms with Gasteiger partial charge in [0, 0.05) is 36.8 Å². The molecule has 4 heteroatoms. The van der Waals surface area contributed by atoms with E-state index in [1.165, 1.54) is 5.56 Å². The first-order valence-corrected chi connectivity index (χ1v) is 7.49. The Bertz CT molecular complexity index is 513. The fraction of sp³-hybridized carbons (Fsp3) is 0.562. The third-order valence-electron chi connectivity index (χ3n) is 4.48. The normalized spacial score (nSPS) is 23.1. The number of hydrogen-bond acceptors (Lipinski definition) is 3. The molecule has 0 aliphatic carbocycles. The Kier molecular flexibility index (Phi) is 3.66. The molecular weight excluding hydrogens is 252 g/mol. The lowest BCUT2D eigenvalue weighted by atomic mass is 10.0. The number of amides is 1. The van der Waals surface area contributed by atoms with Crippen molar-refractivity contribution in [2.75, 3.05) is 25.0 Å². The number of aryl methyl sites for hydroxylation is 1. The lowest BCUT2D eigenvalue weighted by molar-refractivity contribution is 0.0762. The molecule has 1 aromatic carbocycles. The zero-order valence-electron chi connectivity index (χ0n) is 11.9. The Labute approximate surface area is 119 Å². The van der Waals surface area contributed by atoms with E-state index in [0.29, 0.717) is 6.54 Å². The SMILES string of the molecule is CC(O)C1CCN(C(=O)c2ccc3c(c2)CCCN3)C1. The third-order valence-corrected chi connectivity index (χ3v) is 4.48. The van der Waals surface area contributed by atoms with Gasteiger partial charge in [-0.2, -0.15) is 0 Å². The first-order chi connectivity index (χ1) is 9.65. The largest absolute Gasteiger partial charge is 0.393 e. The van der Waals surface area contributed by atoms with Gasteiger partial charge in [0.2, 0.25) is 0 Å². The summed E-state index contributed by atoms with van der Waals surface area (Å²) < 4.78 is 0. The van der Waals surface area contributed by atoms with Gasteiger partial charge in [-0.3, -0.25) is 4.79 Å². The van der Waals surface area contributed by atoms with E-state index in [1.807, 2.05) is 30.0 Å². The Balaban J connectivity index is 1.74. The number of anilines is 1. The maximum absolute atomic E-state index is 12.5. The minimum atomic E-state index is -0.333. The maximum Gasteiger partial charge on any atom is 0.253 e. The molecule has 0 aromatic heterocycles. The van der Waals surface area contributed by atoms with Gasteiger partial charge in [-0.1, -0.05) is 0 Å². The molecule has 2 aliphatic heterocycles. The first kappa shape index (κ1) is 13.4. The van der Waals surface area contributed by atoms with Crippen molar-refractivity contribution < 1.29 is 9.90 Å². The summed E-state index contributed by atoms with van der Waals surface area (Å²) in [5.41, 5.74) is 3.18. The average Bonchev–Trinajstić information content (AvgIpc) is 2.96. The smallest absolute Gasteiger partial charge is 0.253 e. The second-order valence-corrected chi connectivity index (χ2v) is 5.94. The van der Waals surface area contributed by atoms with Crippen molar-refractivity contribution in [2.45, 2.75) is 32.3 Å². The highest BCUT2D eigenvalue weighted by molar-refractivity contribution is 5.95. The lowest BCUT2D eigenvalue weighted by Gasteiger charge is -2.21. The van der Waals surface area contributed by atoms with Crippen molar-refractivity contribution in [3.05, 3.63) is 29.3 Å². The third kappa shape index (κ3) is 2.52. The number of aliphatic hydroxyl groups is 1. The number of benzene rings is 1. The second-order valence-electron chi connectivity index (χ2n) is 5.94. The van der Waals surface area contributed by atoms with Gasteiger partial charge in [0.05, 0.1) is 6.10 Å². The Morgan fingerprint density at radius 2 is 2.35 bits per heavy atom. The van der Waals surface area contributed by atoms with Crippen molar-refractivity contribution in [2.24, 2.45) is 5.92 Å². The molecule has 0 spiro atoms. The van der Waals surface area contributed by atoms with Gasteiger partial charge in [-0.05, 0) is 49.9 Å². The molecule has 2 unspecified atom stereocenters. The zero-order valence-corrected chi connectivity index (χ0v) is 11.9. The molecule has 20 heavy (non-hydrogen) atoms. The van der Waals surface area contributed by atoms with Crippen molar-refractivity contribution in [3.63, 3.8) is 0 Å². The van der Waals surface area contributed by atoms with Crippen LogP contribution in [0.5, 0.6) is 0 Å². The Hall–Kier alpha value is -1.55. The van der Waals surface area contributed by atoms with Gasteiger partial charge in [0.15, 0.2) is 0 Å². The molecule has 0 radical (unpaired) electrons. The van der Waals surface area contributed by atoms with Crippen LogP contribution in [0, 0.1) is 5.92 Å². The number of nitrogens with one attached hydrogen (secondary N) is 1. The predicted octanol–water partition coefficient (Wildman–Crippen LogP) is 1.89. The fourth-order valence-corrected chi connectivity index (χ4v) is 3.16. The van der Waals surface area contributed by atoms with E-state index >= 15 is 0 Å². The van der Waals surface area contributed by atoms with Gasteiger partial charge in [-0.15, -0.1) is 0 Å². The van der Waals surface area contributed by atoms with Crippen LogP contribution in [-0.2, 0) is 6.42 Å². The molecule has 0 bridgehead atoms. The standard InChI is InChI=1S/C16H22N2O2/c1-11(19)14-6-8-18(10-14)16(20)13-4-5-15-12(9-13)3-2-7-17-15/h4-5,9,11,14,17,19H,2-3,6-8,10H2,1H3. The summed E-state index contributed by atoms with van der Waals surface area (Å²) in [6.07, 6.45) is 2.73. The summed E-state index contributed by atoms with van der Waals surface area (Å²) in [7, 11) is 0. The van der Waals surface area contributed by atoms with E-state index in [9.17, 15) is 9.90 Å². The van der Waals surface area contributed by atoms with Crippen molar-refractivity contribution in [1.29, 1.82) is 0 Å². The molecule has 1 saturated heterocycles. The fourth-order valence-electron chi connectivity index (χ4n) is 3.16. The molecule has 108 valence electrons. The van der Waals surface area contributed by atoms with Crippen LogP contribution >= 0.6 is 0 Å². The molecule has 2 atom stereocenters. The van der Waals surface area contributed by atoms with Crippen LogP contribution in [0.4, 0.5) is 5.69 Å². The number of rotatable bonds is 2. The predicted molar refractivity (Wildman–Crippen MR) is 78.9 cm³/mol. The van der Waals surface area contributed by atoms with Crippen LogP contribution in [0.15, 0.2) is 18.2 Å². The van der Waals surface area contributed by atoms with E-state index < -0.39 is 0 Å². The Morgan fingerprint density at radius 1 is 1.50 bits per heavy atom. The molecule has 2 heterocycles. The lowest BCUT2D eigenvalue weighted by Crippen LogP contribution is -2.30. The molecule has 2 N–H and O–H groups in total. The number of aliphatic hydroxyl groups excluding tert-OH is 1. The topological polar surface area (TPSA) is 52.6 Å². The highest BCUT2D eigenvalue weighted by Gasteiger charge is 2.29. The molecular formula is C16H22N2O2. The second kappa shape index (κ2) is 5.44. The quantitative estimate of drug-likeness (QED) is 0.866. The molecule has 1 amide bonds. The van der Waals surface area contributed by atoms with Gasteiger partial charge in [-0.25, -0.2) is 0 Å². The van der Waals surface area contributed by atoms with Gasteiger partial charge < -0.3 is 15.3 Å². The van der Waals surface area contributed by atoms with Crippen molar-refractivity contribution >= 4 is 11.6 Å². The van der Waals surface area contributed by atoms with Gasteiger partial charge in [0.25, 0.3) is 5.91 Å². The van der Waals surface area contributed by atoms with Crippen LogP contribution in [0.25, 0.3) is 0 Å². The van der Waals surface area contributed by atoms with Crippen LogP contribution in [0.2, 0.25) is 0 Å². The molecule has 2 aliphatic rings. The summed E-state index contributed by atoms with van der Waals surface area (Å²) in [6.45, 7) is 4.25. The summed E-state index contributed by atoms with van der Waals surface area (Å²) in [5, 5.41) is 13.0. The van der Waals surface area contributed by atoms with Crippen LogP contribution < -0.4 is 5.32 Å². The number of likely N-dealkylation sites (tertiary alicyclic amines) is 1. The van der Waals surface area contributed by atoms with E-state index in [0.717, 1.165) is 43.6 Å². The molecule has 1 aromatic rings. The molecule has 3 rings (SSSR count). The summed E-state index contributed by atoms with van der Waals surface area (Å²) in [4.78, 5) is 14.4. The number of carbonyl (C=O) groups is 1. The minimum Gasteiger partial charge on any atom is -0.393 e. The zero-order chi connectivity index (χ0) is 14.1. The van der Waals surface area contributed by atoms with Crippen molar-refractivity contribution in [1.82, 2.24) is 4.90 Å². The number of carbonyl (C=O) groups excluding carboxylic acids is 1. The van der Waals surface area contributed by atoms with Gasteiger partial charge >= 0.3 is 0 Å². The van der Waals surface area contributed by atoms with E-state index in [4.69, 9.17) is 0 Å². The van der Waals surface area contributed by atoms with Crippen LogP contribution in [-0.4, -0.2) is 41.7 Å². The number of hydrogen-bond donors (Lipinski definition) is 2. The minimum absolute atomic E-state index is 0.0986. The summed E-state index contributed by atoms with van der Waals surface area (Å²) >= 11 is 0. The first-order valence-electron chi connectivity index (χ1n) is 7.49. The highest BCUT2D eigenvalue weighted by atomic mass is 16.3. The molecule has 4 nitrogen and oxygen atoms in total. The van der Waals surface area contributed by atoms with E-state index in [-0.39, 0.29) is 17.9 Å². The summed E-state index contributed by atoms with van der Waals surface area (Å²) in [5.74, 6) is 0.319. The van der Waals surface area contributed by atoms with E-state index in [1.54, 1.807) is 0 Å². The summed E-state index contributed by atoms with van der Waals surface area (Å²) in [6, 6.07) is 5.96. The highest BCUT2D eigenvalue weighted by Crippen LogP contribution is 2.26. The molecule has 0 saturated carbocycles.